The number of piperazine rings is 1. The van der Waals surface area contributed by atoms with Gasteiger partial charge in [0.05, 0.1) is 33.3 Å². The normalized spacial score (nSPS) is 15.9. The van der Waals surface area contributed by atoms with Gasteiger partial charge in [0.1, 0.15) is 16.4 Å². The van der Waals surface area contributed by atoms with Crippen LogP contribution >= 0.6 is 0 Å². The minimum absolute atomic E-state index is 0.00217. The van der Waals surface area contributed by atoms with Gasteiger partial charge < -0.3 is 18.9 Å². The van der Waals surface area contributed by atoms with E-state index in [4.69, 9.17) is 18.9 Å². The lowest BCUT2D eigenvalue weighted by atomic mass is 10.3. The molecule has 0 N–H and O–H groups in total. The van der Waals surface area contributed by atoms with E-state index in [0.29, 0.717) is 17.2 Å². The Kier molecular flexibility index (Phi) is 7.18. The maximum Gasteiger partial charge on any atom is 0.246 e. The van der Waals surface area contributed by atoms with Crippen LogP contribution in [0.25, 0.3) is 0 Å². The van der Waals surface area contributed by atoms with Crippen LogP contribution in [-0.4, -0.2) is 80.1 Å². The molecule has 3 rings (SSSR count). The van der Waals surface area contributed by atoms with Gasteiger partial charge in [-0.3, -0.25) is 0 Å². The first-order valence-corrected chi connectivity index (χ1v) is 12.5. The van der Waals surface area contributed by atoms with Crippen LogP contribution in [0.3, 0.4) is 0 Å². The van der Waals surface area contributed by atoms with Crippen LogP contribution in [0, 0.1) is 0 Å². The van der Waals surface area contributed by atoms with Crippen LogP contribution < -0.4 is 18.9 Å². The number of rotatable bonds is 8. The van der Waals surface area contributed by atoms with E-state index >= 15 is 0 Å². The third-order valence-electron chi connectivity index (χ3n) is 5.18. The Morgan fingerprint density at radius 1 is 0.625 bits per heavy atom. The molecule has 1 aliphatic heterocycles. The Hall–Kier alpha value is -2.54. The van der Waals surface area contributed by atoms with Gasteiger partial charge in [0.15, 0.2) is 11.5 Å². The number of benzene rings is 2. The zero-order valence-corrected chi connectivity index (χ0v) is 19.9. The predicted octanol–water partition coefficient (Wildman–Crippen LogP) is 1.42. The molecular weight excluding hydrogens is 460 g/mol. The number of hydrogen-bond acceptors (Lipinski definition) is 8. The third-order valence-corrected chi connectivity index (χ3v) is 8.99. The second-order valence-corrected chi connectivity index (χ2v) is 10.7. The molecule has 0 bridgehead atoms. The third kappa shape index (κ3) is 4.49. The van der Waals surface area contributed by atoms with Gasteiger partial charge in [-0.15, -0.1) is 0 Å². The van der Waals surface area contributed by atoms with Crippen molar-refractivity contribution in [2.24, 2.45) is 0 Å². The summed E-state index contributed by atoms with van der Waals surface area (Å²) in [6, 6.07) is 8.84. The standard InChI is InChI=1S/C20H26N2O8S2/c1-27-15-5-7-18(29-3)20(13-15)32(25,26)22-11-9-21(10-12-22)31(23,24)16-6-8-17(28-2)19(14-16)30-4/h5-8,13-14H,9-12H2,1-4H3. The Labute approximate surface area is 188 Å². The van der Waals surface area contributed by atoms with Gasteiger partial charge in [0.2, 0.25) is 20.0 Å². The highest BCUT2D eigenvalue weighted by Gasteiger charge is 2.35. The molecule has 0 saturated carbocycles. The lowest BCUT2D eigenvalue weighted by molar-refractivity contribution is 0.271. The predicted molar refractivity (Wildman–Crippen MR) is 117 cm³/mol. The number of ether oxygens (including phenoxy) is 4. The summed E-state index contributed by atoms with van der Waals surface area (Å²) in [5.74, 6) is 1.26. The van der Waals surface area contributed by atoms with Crippen molar-refractivity contribution in [3.05, 3.63) is 36.4 Å². The molecule has 0 radical (unpaired) electrons. The van der Waals surface area contributed by atoms with E-state index < -0.39 is 20.0 Å². The Morgan fingerprint density at radius 3 is 1.69 bits per heavy atom. The first kappa shape index (κ1) is 24.1. The fourth-order valence-corrected chi connectivity index (χ4v) is 6.43. The quantitative estimate of drug-likeness (QED) is 0.551. The second kappa shape index (κ2) is 9.53. The maximum atomic E-state index is 13.2. The zero-order valence-electron chi connectivity index (χ0n) is 18.3. The van der Waals surface area contributed by atoms with Gasteiger partial charge in [-0.1, -0.05) is 0 Å². The number of sulfonamides is 2. The highest BCUT2D eigenvalue weighted by atomic mass is 32.2. The lowest BCUT2D eigenvalue weighted by Crippen LogP contribution is -2.50. The van der Waals surface area contributed by atoms with Gasteiger partial charge in [0.25, 0.3) is 0 Å². The molecule has 1 aliphatic rings. The molecule has 1 fully saturated rings. The van der Waals surface area contributed by atoms with Crippen molar-refractivity contribution < 1.29 is 35.8 Å². The van der Waals surface area contributed by atoms with Crippen molar-refractivity contribution in [3.63, 3.8) is 0 Å². The Morgan fingerprint density at radius 2 is 1.16 bits per heavy atom. The van der Waals surface area contributed by atoms with Crippen LogP contribution in [0.2, 0.25) is 0 Å². The first-order chi connectivity index (χ1) is 15.2. The zero-order chi connectivity index (χ0) is 23.5. The molecule has 0 atom stereocenters. The summed E-state index contributed by atoms with van der Waals surface area (Å²) in [6.45, 7) is -0.00514. The van der Waals surface area contributed by atoms with E-state index in [1.807, 2.05) is 0 Å². The average Bonchev–Trinajstić information content (AvgIpc) is 2.83. The van der Waals surface area contributed by atoms with Crippen LogP contribution in [0.15, 0.2) is 46.2 Å². The summed E-state index contributed by atoms with van der Waals surface area (Å²) < 4.78 is 75.8. The molecule has 0 aliphatic carbocycles. The summed E-state index contributed by atoms with van der Waals surface area (Å²) in [7, 11) is -2.06. The highest BCUT2D eigenvalue weighted by molar-refractivity contribution is 7.89. The SMILES string of the molecule is COc1ccc(OC)c(S(=O)(=O)N2CCN(S(=O)(=O)c3ccc(OC)c(OC)c3)CC2)c1. The van der Waals surface area contributed by atoms with Crippen LogP contribution in [-0.2, 0) is 20.0 Å². The summed E-state index contributed by atoms with van der Waals surface area (Å²) in [5.41, 5.74) is 0. The Balaban J connectivity index is 1.82. The number of methoxy groups -OCH3 is 4. The van der Waals surface area contributed by atoms with E-state index in [1.165, 1.54) is 67.4 Å². The van der Waals surface area contributed by atoms with Gasteiger partial charge in [-0.2, -0.15) is 8.61 Å². The smallest absolute Gasteiger partial charge is 0.246 e. The van der Waals surface area contributed by atoms with Crippen molar-refractivity contribution in [3.8, 4) is 23.0 Å². The molecule has 0 unspecified atom stereocenters. The average molecular weight is 487 g/mol. The van der Waals surface area contributed by atoms with E-state index in [1.54, 1.807) is 6.07 Å². The fourth-order valence-electron chi connectivity index (χ4n) is 3.40. The molecule has 2 aromatic rings. The molecule has 32 heavy (non-hydrogen) atoms. The lowest BCUT2D eigenvalue weighted by Gasteiger charge is -2.33. The molecule has 0 spiro atoms. The van der Waals surface area contributed by atoms with Crippen LogP contribution in [0.5, 0.6) is 23.0 Å². The molecule has 0 aromatic heterocycles. The molecule has 176 valence electrons. The van der Waals surface area contributed by atoms with Gasteiger partial charge in [-0.05, 0) is 24.3 Å². The second-order valence-electron chi connectivity index (χ2n) is 6.84. The fraction of sp³-hybridized carbons (Fsp3) is 0.400. The monoisotopic (exact) mass is 486 g/mol. The largest absolute Gasteiger partial charge is 0.497 e. The van der Waals surface area contributed by atoms with Crippen LogP contribution in [0.1, 0.15) is 0 Å². The van der Waals surface area contributed by atoms with E-state index in [2.05, 4.69) is 0 Å². The van der Waals surface area contributed by atoms with Crippen molar-refractivity contribution in [1.82, 2.24) is 8.61 Å². The summed E-state index contributed by atoms with van der Waals surface area (Å²) >= 11 is 0. The van der Waals surface area contributed by atoms with Crippen molar-refractivity contribution in [2.75, 3.05) is 54.6 Å². The Bertz CT molecular complexity index is 1170. The summed E-state index contributed by atoms with van der Waals surface area (Å²) in [5, 5.41) is 0. The van der Waals surface area contributed by atoms with E-state index in [0.717, 1.165) is 0 Å². The maximum absolute atomic E-state index is 13.2. The summed E-state index contributed by atoms with van der Waals surface area (Å²) in [4.78, 5) is 0.0106. The highest BCUT2D eigenvalue weighted by Crippen LogP contribution is 2.33. The molecule has 10 nitrogen and oxygen atoms in total. The molecule has 12 heteroatoms. The van der Waals surface area contributed by atoms with E-state index in [9.17, 15) is 16.8 Å². The molecular formula is C20H26N2O8S2. The minimum Gasteiger partial charge on any atom is -0.497 e. The minimum atomic E-state index is -3.92. The first-order valence-electron chi connectivity index (χ1n) is 9.63. The number of nitrogens with zero attached hydrogens (tertiary/aromatic N) is 2. The van der Waals surface area contributed by atoms with Crippen molar-refractivity contribution >= 4 is 20.0 Å². The van der Waals surface area contributed by atoms with E-state index in [-0.39, 0.29) is 41.7 Å². The molecule has 1 saturated heterocycles. The van der Waals surface area contributed by atoms with Gasteiger partial charge in [0, 0.05) is 38.3 Å². The van der Waals surface area contributed by atoms with Crippen LogP contribution in [0.4, 0.5) is 0 Å². The van der Waals surface area contributed by atoms with Gasteiger partial charge in [-0.25, -0.2) is 16.8 Å². The van der Waals surface area contributed by atoms with Crippen molar-refractivity contribution in [2.45, 2.75) is 9.79 Å². The van der Waals surface area contributed by atoms with Crippen molar-refractivity contribution in [1.29, 1.82) is 0 Å². The van der Waals surface area contributed by atoms with Gasteiger partial charge >= 0.3 is 0 Å². The number of hydrogen-bond donors (Lipinski definition) is 0. The molecule has 2 aromatic carbocycles. The molecule has 0 amide bonds. The summed E-state index contributed by atoms with van der Waals surface area (Å²) in [6.07, 6.45) is 0. The molecule has 1 heterocycles. The topological polar surface area (TPSA) is 112 Å².